The number of amides is 2. The third kappa shape index (κ3) is 4.43. The smallest absolute Gasteiger partial charge is 0.254 e. The summed E-state index contributed by atoms with van der Waals surface area (Å²) in [6.45, 7) is 2.61. The molecule has 164 valence electrons. The lowest BCUT2D eigenvalue weighted by Gasteiger charge is -2.39. The number of rotatable bonds is 6. The summed E-state index contributed by atoms with van der Waals surface area (Å²) in [6.07, 6.45) is 4.13. The number of hydrogen-bond donors (Lipinski definition) is 1. The first-order chi connectivity index (χ1) is 15.7. The quantitative estimate of drug-likeness (QED) is 0.623. The molecule has 2 amide bonds. The molecule has 4 heterocycles. The Morgan fingerprint density at radius 3 is 2.62 bits per heavy atom. The van der Waals surface area contributed by atoms with Crippen molar-refractivity contribution >= 4 is 34.5 Å². The van der Waals surface area contributed by atoms with E-state index < -0.39 is 0 Å². The van der Waals surface area contributed by atoms with Crippen molar-refractivity contribution in [2.45, 2.75) is 12.5 Å². The summed E-state index contributed by atoms with van der Waals surface area (Å²) < 4.78 is 6.05. The Morgan fingerprint density at radius 2 is 1.91 bits per heavy atom. The first-order valence-electron chi connectivity index (χ1n) is 10.6. The Kier molecular flexibility index (Phi) is 5.72. The molecule has 0 spiro atoms. The van der Waals surface area contributed by atoms with Gasteiger partial charge >= 0.3 is 0 Å². The monoisotopic (exact) mass is 449 g/mol. The summed E-state index contributed by atoms with van der Waals surface area (Å²) in [6, 6.07) is 11.1. The number of nitrogens with zero attached hydrogens (tertiary/aromatic N) is 4. The van der Waals surface area contributed by atoms with Gasteiger partial charge in [0.25, 0.3) is 5.91 Å². The number of aromatic nitrogens is 2. The second kappa shape index (κ2) is 8.96. The van der Waals surface area contributed by atoms with Gasteiger partial charge in [0.15, 0.2) is 0 Å². The molecule has 5 rings (SSSR count). The van der Waals surface area contributed by atoms with Crippen molar-refractivity contribution in [3.05, 3.63) is 65.1 Å². The van der Waals surface area contributed by atoms with Crippen LogP contribution in [-0.4, -0.2) is 59.2 Å². The van der Waals surface area contributed by atoms with Crippen molar-refractivity contribution in [2.75, 3.05) is 36.4 Å². The summed E-state index contributed by atoms with van der Waals surface area (Å²) in [7, 11) is 0. The fourth-order valence-electron chi connectivity index (χ4n) is 3.96. The molecule has 0 saturated carbocycles. The number of hydrogen-bond acceptors (Lipinski definition) is 7. The molecule has 3 aromatic rings. The van der Waals surface area contributed by atoms with E-state index in [1.807, 2.05) is 52.1 Å². The van der Waals surface area contributed by atoms with Gasteiger partial charge in [0.2, 0.25) is 5.91 Å². The standard InChI is InChI=1S/C23H23N5O3S/c29-22(17-12-28(13-17)19-5-8-24-25-11-19)26-18-1-3-20(4-2-18)31-21-6-9-27(14-21)23(30)16-7-10-32-15-16/h1-5,7-8,10-11,15,17,21H,6,9,12-14H2,(H,26,29). The summed E-state index contributed by atoms with van der Waals surface area (Å²) >= 11 is 1.53. The zero-order valence-electron chi connectivity index (χ0n) is 17.4. The fourth-order valence-corrected chi connectivity index (χ4v) is 4.59. The fraction of sp³-hybridized carbons (Fsp3) is 0.304. The van der Waals surface area contributed by atoms with E-state index in [9.17, 15) is 9.59 Å². The van der Waals surface area contributed by atoms with Crippen LogP contribution >= 0.6 is 11.3 Å². The minimum atomic E-state index is -0.0515. The Labute approximate surface area is 189 Å². The Hall–Kier alpha value is -3.46. The zero-order chi connectivity index (χ0) is 21.9. The van der Waals surface area contributed by atoms with Crippen LogP contribution in [0.5, 0.6) is 5.75 Å². The van der Waals surface area contributed by atoms with Gasteiger partial charge in [-0.1, -0.05) is 0 Å². The molecule has 32 heavy (non-hydrogen) atoms. The van der Waals surface area contributed by atoms with Gasteiger partial charge in [-0.25, -0.2) is 0 Å². The van der Waals surface area contributed by atoms with Crippen molar-refractivity contribution in [1.82, 2.24) is 15.1 Å². The van der Waals surface area contributed by atoms with Crippen LogP contribution in [0.15, 0.2) is 59.6 Å². The third-order valence-corrected chi connectivity index (χ3v) is 6.49. The van der Waals surface area contributed by atoms with Gasteiger partial charge < -0.3 is 19.9 Å². The minimum absolute atomic E-state index is 0.00955. The molecule has 0 bridgehead atoms. The van der Waals surface area contributed by atoms with E-state index in [0.717, 1.165) is 29.1 Å². The highest BCUT2D eigenvalue weighted by Crippen LogP contribution is 2.26. The second-order valence-electron chi connectivity index (χ2n) is 8.01. The molecule has 2 aliphatic heterocycles. The van der Waals surface area contributed by atoms with E-state index in [-0.39, 0.29) is 23.8 Å². The van der Waals surface area contributed by atoms with Gasteiger partial charge in [0.05, 0.1) is 36.1 Å². The summed E-state index contributed by atoms with van der Waals surface area (Å²) in [4.78, 5) is 28.9. The first kappa shape index (κ1) is 20.4. The van der Waals surface area contributed by atoms with Gasteiger partial charge in [-0.3, -0.25) is 9.59 Å². The summed E-state index contributed by atoms with van der Waals surface area (Å²) in [5, 5.41) is 14.4. The van der Waals surface area contributed by atoms with Gasteiger partial charge in [-0.05, 0) is 41.8 Å². The largest absolute Gasteiger partial charge is 0.489 e. The molecule has 8 nitrogen and oxygen atoms in total. The highest BCUT2D eigenvalue weighted by molar-refractivity contribution is 7.08. The van der Waals surface area contributed by atoms with Crippen LogP contribution < -0.4 is 15.0 Å². The van der Waals surface area contributed by atoms with Crippen LogP contribution in [0.3, 0.4) is 0 Å². The van der Waals surface area contributed by atoms with Crippen LogP contribution in [0.25, 0.3) is 0 Å². The molecule has 0 radical (unpaired) electrons. The van der Waals surface area contributed by atoms with Crippen LogP contribution in [0.1, 0.15) is 16.8 Å². The Balaban J connectivity index is 1.09. The number of carbonyl (C=O) groups excluding carboxylic acids is 2. The highest BCUT2D eigenvalue weighted by atomic mass is 32.1. The number of likely N-dealkylation sites (tertiary alicyclic amines) is 1. The van der Waals surface area contributed by atoms with Crippen molar-refractivity contribution in [2.24, 2.45) is 5.92 Å². The van der Waals surface area contributed by atoms with Crippen molar-refractivity contribution < 1.29 is 14.3 Å². The predicted molar refractivity (Wildman–Crippen MR) is 122 cm³/mol. The number of benzene rings is 1. The molecule has 2 aromatic heterocycles. The Morgan fingerprint density at radius 1 is 1.06 bits per heavy atom. The van der Waals surface area contributed by atoms with E-state index in [2.05, 4.69) is 20.4 Å². The lowest BCUT2D eigenvalue weighted by atomic mass is 9.98. The number of thiophene rings is 1. The first-order valence-corrected chi connectivity index (χ1v) is 11.5. The lowest BCUT2D eigenvalue weighted by Crippen LogP contribution is -2.52. The molecule has 0 aliphatic carbocycles. The minimum Gasteiger partial charge on any atom is -0.489 e. The third-order valence-electron chi connectivity index (χ3n) is 5.81. The van der Waals surface area contributed by atoms with Crippen molar-refractivity contribution in [1.29, 1.82) is 0 Å². The number of anilines is 2. The predicted octanol–water partition coefficient (Wildman–Crippen LogP) is 2.91. The average molecular weight is 450 g/mol. The molecule has 1 unspecified atom stereocenters. The van der Waals surface area contributed by atoms with E-state index in [1.165, 1.54) is 11.3 Å². The topological polar surface area (TPSA) is 87.7 Å². The maximum atomic E-state index is 12.5. The van der Waals surface area contributed by atoms with Crippen LogP contribution in [-0.2, 0) is 4.79 Å². The normalized spacial score (nSPS) is 18.3. The zero-order valence-corrected chi connectivity index (χ0v) is 18.2. The maximum absolute atomic E-state index is 12.5. The number of carbonyl (C=O) groups is 2. The second-order valence-corrected chi connectivity index (χ2v) is 8.79. The molecular formula is C23H23N5O3S. The lowest BCUT2D eigenvalue weighted by molar-refractivity contribution is -0.120. The van der Waals surface area contributed by atoms with E-state index in [0.29, 0.717) is 26.2 Å². The van der Waals surface area contributed by atoms with Crippen LogP contribution in [0.4, 0.5) is 11.4 Å². The van der Waals surface area contributed by atoms with E-state index in [1.54, 1.807) is 12.4 Å². The SMILES string of the molecule is O=C(Nc1ccc(OC2CCN(C(=O)c3ccsc3)C2)cc1)C1CN(c2ccnnc2)C1. The maximum Gasteiger partial charge on any atom is 0.254 e. The molecule has 1 aromatic carbocycles. The molecule has 2 saturated heterocycles. The molecule has 1 N–H and O–H groups in total. The van der Waals surface area contributed by atoms with E-state index >= 15 is 0 Å². The summed E-state index contributed by atoms with van der Waals surface area (Å²) in [5.74, 6) is 0.752. The van der Waals surface area contributed by atoms with Gasteiger partial charge in [-0.2, -0.15) is 21.5 Å². The molecular weight excluding hydrogens is 426 g/mol. The summed E-state index contributed by atoms with van der Waals surface area (Å²) in [5.41, 5.74) is 2.46. The molecule has 1 atom stereocenters. The Bertz CT molecular complexity index is 1070. The molecule has 9 heteroatoms. The average Bonchev–Trinajstić information content (AvgIpc) is 3.47. The van der Waals surface area contributed by atoms with Gasteiger partial charge in [-0.15, -0.1) is 0 Å². The van der Waals surface area contributed by atoms with Crippen LogP contribution in [0, 0.1) is 5.92 Å². The molecule has 2 fully saturated rings. The highest BCUT2D eigenvalue weighted by Gasteiger charge is 2.33. The van der Waals surface area contributed by atoms with E-state index in [4.69, 9.17) is 4.74 Å². The van der Waals surface area contributed by atoms with Crippen LogP contribution in [0.2, 0.25) is 0 Å². The van der Waals surface area contributed by atoms with Gasteiger partial charge in [0, 0.05) is 37.1 Å². The number of nitrogens with one attached hydrogen (secondary N) is 1. The molecule has 2 aliphatic rings. The van der Waals surface area contributed by atoms with Crippen molar-refractivity contribution in [3.63, 3.8) is 0 Å². The van der Waals surface area contributed by atoms with Gasteiger partial charge in [0.1, 0.15) is 11.9 Å². The van der Waals surface area contributed by atoms with Crippen molar-refractivity contribution in [3.8, 4) is 5.75 Å². The number of ether oxygens (including phenoxy) is 1.